The van der Waals surface area contributed by atoms with Gasteiger partial charge in [-0.15, -0.1) is 0 Å². The highest BCUT2D eigenvalue weighted by molar-refractivity contribution is 5.78. The maximum absolute atomic E-state index is 12.1. The molecule has 0 radical (unpaired) electrons. The van der Waals surface area contributed by atoms with E-state index in [1.807, 2.05) is 25.1 Å². The van der Waals surface area contributed by atoms with Gasteiger partial charge in [0.05, 0.1) is 31.8 Å². The second-order valence-corrected chi connectivity index (χ2v) is 5.73. The number of hydrogen-bond donors (Lipinski definition) is 1. The van der Waals surface area contributed by atoms with Crippen LogP contribution < -0.4 is 5.32 Å². The topological polar surface area (TPSA) is 71.5 Å². The van der Waals surface area contributed by atoms with Crippen molar-refractivity contribution in [2.75, 3.05) is 19.7 Å². The van der Waals surface area contributed by atoms with Gasteiger partial charge >= 0.3 is 5.97 Å². The van der Waals surface area contributed by atoms with Gasteiger partial charge in [-0.1, -0.05) is 12.5 Å². The Hall–Kier alpha value is -1.95. The van der Waals surface area contributed by atoms with Gasteiger partial charge in [0.2, 0.25) is 5.91 Å². The van der Waals surface area contributed by atoms with Crippen LogP contribution in [0.1, 0.15) is 38.3 Å². The summed E-state index contributed by atoms with van der Waals surface area (Å²) in [6, 6.07) is 5.72. The number of piperidine rings is 1. The molecule has 1 aliphatic heterocycles. The van der Waals surface area contributed by atoms with Gasteiger partial charge in [0.25, 0.3) is 0 Å². The van der Waals surface area contributed by atoms with E-state index in [0.29, 0.717) is 26.1 Å². The number of hydrogen-bond acceptors (Lipinski definition) is 5. The zero-order valence-electron chi connectivity index (χ0n) is 13.7. The monoisotopic (exact) mass is 319 g/mol. The number of carbonyl (C=O) groups excluding carboxylic acids is 2. The lowest BCUT2D eigenvalue weighted by Crippen LogP contribution is -2.46. The van der Waals surface area contributed by atoms with Crippen LogP contribution in [0.4, 0.5) is 0 Å². The zero-order valence-corrected chi connectivity index (χ0v) is 13.7. The number of ether oxygens (including phenoxy) is 1. The largest absolute Gasteiger partial charge is 0.466 e. The van der Waals surface area contributed by atoms with Crippen LogP contribution in [0.5, 0.6) is 0 Å². The van der Waals surface area contributed by atoms with Crippen molar-refractivity contribution in [2.45, 2.75) is 45.2 Å². The van der Waals surface area contributed by atoms with Crippen molar-refractivity contribution in [3.05, 3.63) is 30.1 Å². The van der Waals surface area contributed by atoms with Gasteiger partial charge in [-0.2, -0.15) is 0 Å². The minimum absolute atomic E-state index is 0.0357. The molecule has 1 aliphatic rings. The number of nitrogens with zero attached hydrogens (tertiary/aromatic N) is 2. The Morgan fingerprint density at radius 1 is 1.39 bits per heavy atom. The molecule has 1 N–H and O–H groups in total. The average Bonchev–Trinajstić information content (AvgIpc) is 2.56. The van der Waals surface area contributed by atoms with Crippen LogP contribution in [-0.2, 0) is 20.9 Å². The van der Waals surface area contributed by atoms with Crippen molar-refractivity contribution in [1.29, 1.82) is 0 Å². The van der Waals surface area contributed by atoms with E-state index in [9.17, 15) is 9.59 Å². The number of esters is 1. The van der Waals surface area contributed by atoms with Crippen LogP contribution in [0.2, 0.25) is 0 Å². The van der Waals surface area contributed by atoms with Crippen LogP contribution in [0.25, 0.3) is 0 Å². The van der Waals surface area contributed by atoms with Crippen LogP contribution in [0.3, 0.4) is 0 Å². The summed E-state index contributed by atoms with van der Waals surface area (Å²) in [5.41, 5.74) is 0.836. The predicted octanol–water partition coefficient (Wildman–Crippen LogP) is 1.51. The third-order valence-electron chi connectivity index (χ3n) is 4.00. The van der Waals surface area contributed by atoms with E-state index in [4.69, 9.17) is 4.74 Å². The minimum atomic E-state index is -0.182. The van der Waals surface area contributed by atoms with Crippen molar-refractivity contribution in [1.82, 2.24) is 15.2 Å². The van der Waals surface area contributed by atoms with Gasteiger partial charge in [-0.3, -0.25) is 19.5 Å². The van der Waals surface area contributed by atoms with Crippen LogP contribution in [-0.4, -0.2) is 47.5 Å². The lowest BCUT2D eigenvalue weighted by Gasteiger charge is -2.34. The molecule has 1 aromatic heterocycles. The number of pyridine rings is 1. The summed E-state index contributed by atoms with van der Waals surface area (Å²) >= 11 is 0. The molecule has 0 bridgehead atoms. The van der Waals surface area contributed by atoms with Gasteiger partial charge in [0.15, 0.2) is 0 Å². The Balaban J connectivity index is 1.80. The van der Waals surface area contributed by atoms with Crippen molar-refractivity contribution >= 4 is 11.9 Å². The number of carbonyl (C=O) groups is 2. The first-order chi connectivity index (χ1) is 11.2. The maximum atomic E-state index is 12.1. The SMILES string of the molecule is CCOC(=O)CC1CCCCN1CC(=O)NCc1ccccn1. The number of aromatic nitrogens is 1. The fourth-order valence-electron chi connectivity index (χ4n) is 2.84. The smallest absolute Gasteiger partial charge is 0.307 e. The zero-order chi connectivity index (χ0) is 16.5. The summed E-state index contributed by atoms with van der Waals surface area (Å²) < 4.78 is 5.03. The third kappa shape index (κ3) is 5.98. The number of amides is 1. The first-order valence-corrected chi connectivity index (χ1v) is 8.25. The fourth-order valence-corrected chi connectivity index (χ4v) is 2.84. The Morgan fingerprint density at radius 2 is 2.26 bits per heavy atom. The van der Waals surface area contributed by atoms with Gasteiger partial charge in [0.1, 0.15) is 0 Å². The second kappa shape index (κ2) is 9.25. The van der Waals surface area contributed by atoms with Crippen molar-refractivity contribution < 1.29 is 14.3 Å². The molecule has 0 saturated carbocycles. The fraction of sp³-hybridized carbons (Fsp3) is 0.588. The Morgan fingerprint density at radius 3 is 3.00 bits per heavy atom. The summed E-state index contributed by atoms with van der Waals surface area (Å²) in [5.74, 6) is -0.218. The van der Waals surface area contributed by atoms with Crippen LogP contribution >= 0.6 is 0 Å². The molecule has 0 spiro atoms. The van der Waals surface area contributed by atoms with E-state index in [0.717, 1.165) is 31.5 Å². The molecule has 1 unspecified atom stereocenters. The van der Waals surface area contributed by atoms with E-state index in [1.54, 1.807) is 6.20 Å². The lowest BCUT2D eigenvalue weighted by atomic mass is 9.99. The Labute approximate surface area is 137 Å². The second-order valence-electron chi connectivity index (χ2n) is 5.73. The molecule has 6 nitrogen and oxygen atoms in total. The van der Waals surface area contributed by atoms with Crippen molar-refractivity contribution in [3.8, 4) is 0 Å². The molecular formula is C17H25N3O3. The first-order valence-electron chi connectivity index (χ1n) is 8.25. The van der Waals surface area contributed by atoms with Gasteiger partial charge in [0, 0.05) is 12.2 Å². The Bertz CT molecular complexity index is 507. The highest BCUT2D eigenvalue weighted by Gasteiger charge is 2.26. The molecular weight excluding hydrogens is 294 g/mol. The molecule has 1 fully saturated rings. The standard InChI is InChI=1S/C17H25N3O3/c1-2-23-17(22)11-15-8-4-6-10-20(15)13-16(21)19-12-14-7-3-5-9-18-14/h3,5,7,9,15H,2,4,6,8,10-13H2,1H3,(H,19,21). The summed E-state index contributed by atoms with van der Waals surface area (Å²) in [7, 11) is 0. The number of likely N-dealkylation sites (tertiary alicyclic amines) is 1. The molecule has 2 rings (SSSR count). The highest BCUT2D eigenvalue weighted by Crippen LogP contribution is 2.19. The summed E-state index contributed by atoms with van der Waals surface area (Å²) in [5, 5.41) is 2.89. The third-order valence-corrected chi connectivity index (χ3v) is 4.00. The van der Waals surface area contributed by atoms with Crippen LogP contribution in [0, 0.1) is 0 Å². The van der Waals surface area contributed by atoms with E-state index in [1.165, 1.54) is 0 Å². The number of nitrogens with one attached hydrogen (secondary N) is 1. The first kappa shape index (κ1) is 17.4. The van der Waals surface area contributed by atoms with Crippen molar-refractivity contribution in [3.63, 3.8) is 0 Å². The number of rotatable bonds is 7. The molecule has 126 valence electrons. The summed E-state index contributed by atoms with van der Waals surface area (Å²) in [4.78, 5) is 30.1. The maximum Gasteiger partial charge on any atom is 0.307 e. The highest BCUT2D eigenvalue weighted by atomic mass is 16.5. The summed E-state index contributed by atoms with van der Waals surface area (Å²) in [6.45, 7) is 3.80. The van der Waals surface area contributed by atoms with Gasteiger partial charge < -0.3 is 10.1 Å². The predicted molar refractivity (Wildman–Crippen MR) is 86.5 cm³/mol. The summed E-state index contributed by atoms with van der Waals surface area (Å²) in [6.07, 6.45) is 5.16. The van der Waals surface area contributed by atoms with E-state index in [2.05, 4.69) is 15.2 Å². The van der Waals surface area contributed by atoms with Gasteiger partial charge in [-0.25, -0.2) is 0 Å². The molecule has 0 aliphatic carbocycles. The average molecular weight is 319 g/mol. The Kier molecular flexibility index (Phi) is 7.00. The van der Waals surface area contributed by atoms with Crippen molar-refractivity contribution in [2.24, 2.45) is 0 Å². The molecule has 1 aromatic rings. The molecule has 1 atom stereocenters. The van der Waals surface area contributed by atoms with E-state index >= 15 is 0 Å². The molecule has 1 saturated heterocycles. The molecule has 6 heteroatoms. The quantitative estimate of drug-likeness (QED) is 0.771. The molecule has 0 aromatic carbocycles. The van der Waals surface area contributed by atoms with E-state index in [-0.39, 0.29) is 17.9 Å². The minimum Gasteiger partial charge on any atom is -0.466 e. The normalized spacial score (nSPS) is 18.4. The molecule has 2 heterocycles. The van der Waals surface area contributed by atoms with E-state index < -0.39 is 0 Å². The molecule has 23 heavy (non-hydrogen) atoms. The molecule has 1 amide bonds. The van der Waals surface area contributed by atoms with Gasteiger partial charge in [-0.05, 0) is 38.4 Å². The lowest BCUT2D eigenvalue weighted by molar-refractivity contribution is -0.145. The van der Waals surface area contributed by atoms with Crippen LogP contribution in [0.15, 0.2) is 24.4 Å².